The van der Waals surface area contributed by atoms with Crippen LogP contribution in [0.2, 0.25) is 0 Å². The summed E-state index contributed by atoms with van der Waals surface area (Å²) < 4.78 is 27.6. The van der Waals surface area contributed by atoms with E-state index in [4.69, 9.17) is 0 Å². The molecular formula is C21H32N2O3S. The minimum Gasteiger partial charge on any atom is -0.343 e. The minimum absolute atomic E-state index is 0.0958. The Kier molecular flexibility index (Phi) is 7.30. The number of carbonyl (C=O) groups excluding carboxylic acids is 1. The number of nitrogens with zero attached hydrogens (tertiary/aromatic N) is 1. The fourth-order valence-corrected chi connectivity index (χ4v) is 5.64. The maximum atomic E-state index is 12.4. The topological polar surface area (TPSA) is 66.5 Å². The summed E-state index contributed by atoms with van der Waals surface area (Å²) in [6.07, 6.45) is 10.9. The van der Waals surface area contributed by atoms with Gasteiger partial charge in [-0.3, -0.25) is 4.79 Å². The monoisotopic (exact) mass is 392 g/mol. The lowest BCUT2D eigenvalue weighted by molar-refractivity contribution is -0.132. The van der Waals surface area contributed by atoms with Crippen LogP contribution < -0.4 is 4.72 Å². The van der Waals surface area contributed by atoms with Crippen molar-refractivity contribution in [3.05, 3.63) is 30.3 Å². The van der Waals surface area contributed by atoms with Crippen LogP contribution in [0.1, 0.15) is 64.2 Å². The van der Waals surface area contributed by atoms with Crippen LogP contribution in [0.5, 0.6) is 0 Å². The summed E-state index contributed by atoms with van der Waals surface area (Å²) >= 11 is 0. The molecule has 0 aromatic heterocycles. The standard InChI is InChI=1S/C21H32N2O3S/c24-21(13-7-10-18-8-3-1-4-9-18)23-16-14-19(15-17-23)22-27(25,26)20-11-5-2-6-12-20/h2,5-6,11-12,18-19,22H,1,3-4,7-10,13-17H2. The molecule has 3 rings (SSSR count). The van der Waals surface area contributed by atoms with Crippen LogP contribution in [0.25, 0.3) is 0 Å². The predicted octanol–water partition coefficient (Wildman–Crippen LogP) is 3.71. The number of carbonyl (C=O) groups is 1. The molecule has 1 saturated heterocycles. The van der Waals surface area contributed by atoms with Gasteiger partial charge in [-0.2, -0.15) is 0 Å². The van der Waals surface area contributed by atoms with Gasteiger partial charge in [0.15, 0.2) is 0 Å². The van der Waals surface area contributed by atoms with Gasteiger partial charge >= 0.3 is 0 Å². The van der Waals surface area contributed by atoms with Crippen molar-refractivity contribution in [2.45, 2.75) is 75.1 Å². The number of hydrogen-bond donors (Lipinski definition) is 1. The van der Waals surface area contributed by atoms with E-state index in [0.717, 1.165) is 12.3 Å². The first kappa shape index (κ1) is 20.3. The van der Waals surface area contributed by atoms with Crippen molar-refractivity contribution in [2.75, 3.05) is 13.1 Å². The van der Waals surface area contributed by atoms with Gasteiger partial charge in [0.25, 0.3) is 0 Å². The van der Waals surface area contributed by atoms with Crippen molar-refractivity contribution in [3.8, 4) is 0 Å². The molecule has 1 aromatic rings. The van der Waals surface area contributed by atoms with Crippen LogP contribution in [0, 0.1) is 5.92 Å². The van der Waals surface area contributed by atoms with Gasteiger partial charge in [0.2, 0.25) is 15.9 Å². The van der Waals surface area contributed by atoms with Crippen LogP contribution in [-0.2, 0) is 14.8 Å². The molecule has 1 saturated carbocycles. The highest BCUT2D eigenvalue weighted by Gasteiger charge is 2.26. The zero-order valence-electron chi connectivity index (χ0n) is 16.1. The molecule has 1 aliphatic heterocycles. The van der Waals surface area contributed by atoms with Gasteiger partial charge in [-0.15, -0.1) is 0 Å². The first-order valence-electron chi connectivity index (χ1n) is 10.4. The smallest absolute Gasteiger partial charge is 0.240 e. The molecule has 0 atom stereocenters. The van der Waals surface area contributed by atoms with Gasteiger partial charge < -0.3 is 4.90 Å². The lowest BCUT2D eigenvalue weighted by Gasteiger charge is -2.32. The molecule has 0 spiro atoms. The molecule has 0 unspecified atom stereocenters. The molecule has 1 aliphatic carbocycles. The molecule has 5 nitrogen and oxygen atoms in total. The summed E-state index contributed by atoms with van der Waals surface area (Å²) in [6, 6.07) is 8.37. The lowest BCUT2D eigenvalue weighted by atomic mass is 9.86. The third kappa shape index (κ3) is 6.04. The molecule has 2 fully saturated rings. The zero-order chi connectivity index (χ0) is 19.1. The van der Waals surface area contributed by atoms with Gasteiger partial charge in [-0.05, 0) is 43.7 Å². The minimum atomic E-state index is -3.48. The Morgan fingerprint density at radius 2 is 1.67 bits per heavy atom. The summed E-state index contributed by atoms with van der Waals surface area (Å²) in [5.41, 5.74) is 0. The molecule has 1 aromatic carbocycles. The lowest BCUT2D eigenvalue weighted by Crippen LogP contribution is -2.46. The molecule has 6 heteroatoms. The SMILES string of the molecule is O=C(CCCC1CCCCC1)N1CCC(NS(=O)(=O)c2ccccc2)CC1. The predicted molar refractivity (Wildman–Crippen MR) is 107 cm³/mol. The Morgan fingerprint density at radius 3 is 2.33 bits per heavy atom. The second-order valence-electron chi connectivity index (χ2n) is 7.99. The van der Waals surface area contributed by atoms with Crippen LogP contribution in [0.3, 0.4) is 0 Å². The van der Waals surface area contributed by atoms with E-state index in [1.807, 2.05) is 4.90 Å². The number of hydrogen-bond acceptors (Lipinski definition) is 3. The van der Waals surface area contributed by atoms with Crippen LogP contribution in [0.4, 0.5) is 0 Å². The summed E-state index contributed by atoms with van der Waals surface area (Å²) in [5, 5.41) is 0. The Morgan fingerprint density at radius 1 is 1.00 bits per heavy atom. The van der Waals surface area contributed by atoms with Crippen molar-refractivity contribution in [1.29, 1.82) is 0 Å². The van der Waals surface area contributed by atoms with Crippen molar-refractivity contribution < 1.29 is 13.2 Å². The van der Waals surface area contributed by atoms with E-state index in [-0.39, 0.29) is 11.9 Å². The van der Waals surface area contributed by atoms with E-state index < -0.39 is 10.0 Å². The second kappa shape index (κ2) is 9.69. The average Bonchev–Trinajstić information content (AvgIpc) is 2.70. The molecule has 27 heavy (non-hydrogen) atoms. The van der Waals surface area contributed by atoms with Gasteiger partial charge in [0.05, 0.1) is 4.90 Å². The fraction of sp³-hybridized carbons (Fsp3) is 0.667. The average molecular weight is 393 g/mol. The maximum absolute atomic E-state index is 12.4. The molecule has 1 heterocycles. The third-order valence-corrected chi connectivity index (χ3v) is 7.49. The summed E-state index contributed by atoms with van der Waals surface area (Å²) in [4.78, 5) is 14.6. The summed E-state index contributed by atoms with van der Waals surface area (Å²) in [5.74, 6) is 1.06. The molecular weight excluding hydrogens is 360 g/mol. The van der Waals surface area contributed by atoms with Gasteiger partial charge in [0, 0.05) is 25.6 Å². The van der Waals surface area contributed by atoms with E-state index in [1.165, 1.54) is 38.5 Å². The van der Waals surface area contributed by atoms with Crippen LogP contribution in [-0.4, -0.2) is 38.4 Å². The molecule has 150 valence electrons. The van der Waals surface area contributed by atoms with Crippen LogP contribution >= 0.6 is 0 Å². The summed E-state index contributed by atoms with van der Waals surface area (Å²) in [6.45, 7) is 1.29. The number of nitrogens with one attached hydrogen (secondary N) is 1. The van der Waals surface area contributed by atoms with Gasteiger partial charge in [0.1, 0.15) is 0 Å². The van der Waals surface area contributed by atoms with E-state index in [2.05, 4.69) is 4.72 Å². The van der Waals surface area contributed by atoms with Crippen LogP contribution in [0.15, 0.2) is 35.2 Å². The molecule has 0 bridgehead atoms. The molecule has 2 aliphatic rings. The van der Waals surface area contributed by atoms with Crippen molar-refractivity contribution >= 4 is 15.9 Å². The van der Waals surface area contributed by atoms with Gasteiger partial charge in [-0.1, -0.05) is 50.3 Å². The Bertz CT molecular complexity index is 691. The highest BCUT2D eigenvalue weighted by molar-refractivity contribution is 7.89. The van der Waals surface area contributed by atoms with E-state index >= 15 is 0 Å². The molecule has 0 radical (unpaired) electrons. The second-order valence-corrected chi connectivity index (χ2v) is 9.70. The normalized spacial score (nSPS) is 19.9. The Labute approximate surface area is 163 Å². The Hall–Kier alpha value is -1.40. The zero-order valence-corrected chi connectivity index (χ0v) is 16.9. The number of benzene rings is 1. The quantitative estimate of drug-likeness (QED) is 0.769. The van der Waals surface area contributed by atoms with E-state index in [0.29, 0.717) is 37.2 Å². The third-order valence-electron chi connectivity index (χ3n) is 5.95. The highest BCUT2D eigenvalue weighted by Crippen LogP contribution is 2.28. The molecule has 1 amide bonds. The maximum Gasteiger partial charge on any atom is 0.240 e. The number of likely N-dealkylation sites (tertiary alicyclic amines) is 1. The number of rotatable bonds is 7. The Balaban J connectivity index is 1.38. The van der Waals surface area contributed by atoms with E-state index in [9.17, 15) is 13.2 Å². The van der Waals surface area contributed by atoms with Crippen molar-refractivity contribution in [2.24, 2.45) is 5.92 Å². The number of sulfonamides is 1. The largest absolute Gasteiger partial charge is 0.343 e. The highest BCUT2D eigenvalue weighted by atomic mass is 32.2. The fourth-order valence-electron chi connectivity index (χ4n) is 4.31. The number of piperidine rings is 1. The number of amides is 1. The first-order valence-corrected chi connectivity index (χ1v) is 11.9. The van der Waals surface area contributed by atoms with Crippen molar-refractivity contribution in [1.82, 2.24) is 9.62 Å². The van der Waals surface area contributed by atoms with Gasteiger partial charge in [-0.25, -0.2) is 13.1 Å². The first-order chi connectivity index (χ1) is 13.0. The molecule has 1 N–H and O–H groups in total. The summed E-state index contributed by atoms with van der Waals surface area (Å²) in [7, 11) is -3.48. The van der Waals surface area contributed by atoms with E-state index in [1.54, 1.807) is 30.3 Å². The van der Waals surface area contributed by atoms with Crippen molar-refractivity contribution in [3.63, 3.8) is 0 Å².